The second-order valence-corrected chi connectivity index (χ2v) is 9.94. The van der Waals surface area contributed by atoms with Gasteiger partial charge in [-0.3, -0.25) is 4.79 Å². The molecule has 2 aromatic carbocycles. The minimum absolute atomic E-state index is 0.298. The van der Waals surface area contributed by atoms with E-state index in [-0.39, 0.29) is 5.91 Å². The van der Waals surface area contributed by atoms with E-state index in [0.717, 1.165) is 40.9 Å². The van der Waals surface area contributed by atoms with Crippen LogP contribution in [0.3, 0.4) is 0 Å². The van der Waals surface area contributed by atoms with Crippen molar-refractivity contribution in [3.05, 3.63) is 67.5 Å². The van der Waals surface area contributed by atoms with E-state index in [9.17, 15) is 4.79 Å². The maximum Gasteiger partial charge on any atom is 0.247 e. The Hall–Kier alpha value is -4.37. The van der Waals surface area contributed by atoms with Gasteiger partial charge < -0.3 is 29.7 Å². The van der Waals surface area contributed by atoms with Crippen LogP contribution in [0.4, 0.5) is 23.0 Å². The summed E-state index contributed by atoms with van der Waals surface area (Å²) in [7, 11) is 7.65. The largest absolute Gasteiger partial charge is 0.494 e. The van der Waals surface area contributed by atoms with Gasteiger partial charge in [0.15, 0.2) is 0 Å². The topological polar surface area (TPSA) is 87.5 Å². The zero-order chi connectivity index (χ0) is 28.1. The van der Waals surface area contributed by atoms with Gasteiger partial charge in [0, 0.05) is 61.1 Å². The third-order valence-corrected chi connectivity index (χ3v) is 6.53. The number of amides is 1. The monoisotopic (exact) mass is 527 g/mol. The highest BCUT2D eigenvalue weighted by Crippen LogP contribution is 2.38. The number of benzene rings is 2. The number of ether oxygens (including phenoxy) is 1. The first kappa shape index (κ1) is 27.7. The molecule has 0 spiro atoms. The summed E-state index contributed by atoms with van der Waals surface area (Å²) in [6.45, 7) is 9.53. The lowest BCUT2D eigenvalue weighted by atomic mass is 10.1. The molecule has 0 aliphatic rings. The van der Waals surface area contributed by atoms with Crippen LogP contribution in [-0.2, 0) is 4.79 Å². The van der Waals surface area contributed by atoms with E-state index in [0.29, 0.717) is 29.1 Å². The first-order chi connectivity index (χ1) is 18.7. The molecule has 9 heteroatoms. The summed E-state index contributed by atoms with van der Waals surface area (Å²) >= 11 is 0. The molecule has 0 saturated heterocycles. The summed E-state index contributed by atoms with van der Waals surface area (Å²) in [6.07, 6.45) is 5.13. The summed E-state index contributed by atoms with van der Waals surface area (Å²) in [4.78, 5) is 25.8. The Labute approximate surface area is 230 Å². The molecule has 0 unspecified atom stereocenters. The molecule has 4 rings (SSSR count). The van der Waals surface area contributed by atoms with Gasteiger partial charge in [-0.25, -0.2) is 9.97 Å². The summed E-state index contributed by atoms with van der Waals surface area (Å²) < 4.78 is 7.98. The van der Waals surface area contributed by atoms with Crippen molar-refractivity contribution in [1.29, 1.82) is 0 Å². The summed E-state index contributed by atoms with van der Waals surface area (Å²) in [5.41, 5.74) is 5.08. The Kier molecular flexibility index (Phi) is 8.51. The van der Waals surface area contributed by atoms with Crippen molar-refractivity contribution < 1.29 is 9.53 Å². The third-order valence-electron chi connectivity index (χ3n) is 6.53. The highest BCUT2D eigenvalue weighted by Gasteiger charge is 2.18. The van der Waals surface area contributed by atoms with Gasteiger partial charge in [0.05, 0.1) is 29.9 Å². The van der Waals surface area contributed by atoms with Crippen molar-refractivity contribution in [2.45, 2.75) is 19.9 Å². The number of nitrogens with zero attached hydrogens (tertiary/aromatic N) is 5. The van der Waals surface area contributed by atoms with Crippen molar-refractivity contribution in [2.75, 3.05) is 56.9 Å². The zero-order valence-electron chi connectivity index (χ0n) is 23.5. The number of methoxy groups -OCH3 is 1. The fourth-order valence-corrected chi connectivity index (χ4v) is 4.43. The Bertz CT molecular complexity index is 1480. The Morgan fingerprint density at radius 1 is 1.13 bits per heavy atom. The van der Waals surface area contributed by atoms with Crippen LogP contribution < -0.4 is 20.3 Å². The van der Waals surface area contributed by atoms with Crippen LogP contribution in [0, 0.1) is 0 Å². The van der Waals surface area contributed by atoms with Gasteiger partial charge in [0.25, 0.3) is 0 Å². The molecule has 0 aliphatic heterocycles. The molecule has 0 atom stereocenters. The lowest BCUT2D eigenvalue weighted by Crippen LogP contribution is -2.29. The van der Waals surface area contributed by atoms with Crippen LogP contribution in [0.15, 0.2) is 67.5 Å². The normalized spacial score (nSPS) is 11.2. The molecule has 2 heterocycles. The lowest BCUT2D eigenvalue weighted by molar-refractivity contribution is -0.111. The molecule has 0 saturated carbocycles. The van der Waals surface area contributed by atoms with Crippen molar-refractivity contribution >= 4 is 39.8 Å². The number of hydrogen-bond acceptors (Lipinski definition) is 7. The maximum absolute atomic E-state index is 12.3. The predicted octanol–water partition coefficient (Wildman–Crippen LogP) is 5.55. The van der Waals surface area contributed by atoms with E-state index in [4.69, 9.17) is 9.72 Å². The van der Waals surface area contributed by atoms with E-state index in [1.165, 1.54) is 6.08 Å². The van der Waals surface area contributed by atoms with Gasteiger partial charge in [0.1, 0.15) is 5.75 Å². The molecule has 1 amide bonds. The van der Waals surface area contributed by atoms with Gasteiger partial charge in [-0.2, -0.15) is 0 Å². The minimum atomic E-state index is -0.298. The smallest absolute Gasteiger partial charge is 0.247 e. The molecule has 4 aromatic rings. The Morgan fingerprint density at radius 2 is 1.90 bits per heavy atom. The van der Waals surface area contributed by atoms with Crippen molar-refractivity contribution in [2.24, 2.45) is 0 Å². The molecule has 0 radical (unpaired) electrons. The van der Waals surface area contributed by atoms with Crippen molar-refractivity contribution in [3.63, 3.8) is 0 Å². The number of rotatable bonds is 11. The number of carbonyl (C=O) groups is 1. The Morgan fingerprint density at radius 3 is 2.59 bits per heavy atom. The van der Waals surface area contributed by atoms with Gasteiger partial charge in [-0.15, -0.1) is 0 Å². The van der Waals surface area contributed by atoms with E-state index in [1.807, 2.05) is 45.4 Å². The van der Waals surface area contributed by atoms with Crippen LogP contribution in [0.25, 0.3) is 22.2 Å². The van der Waals surface area contributed by atoms with E-state index in [1.54, 1.807) is 13.3 Å². The molecule has 2 N–H and O–H groups in total. The highest BCUT2D eigenvalue weighted by molar-refractivity contribution is 6.02. The molecule has 0 aliphatic carbocycles. The SMILES string of the molecule is C=CC(=O)Nc1cc(Nc2nccc(-c3cn(C(C)C)c4ccccc34)n2)c(OC)cc1N(C)CCN(C)C. The molecule has 39 heavy (non-hydrogen) atoms. The van der Waals surface area contributed by atoms with Crippen LogP contribution >= 0.6 is 0 Å². The second-order valence-electron chi connectivity index (χ2n) is 9.94. The number of carbonyl (C=O) groups excluding carboxylic acids is 1. The average molecular weight is 528 g/mol. The first-order valence-electron chi connectivity index (χ1n) is 12.9. The van der Waals surface area contributed by atoms with Gasteiger partial charge in [0.2, 0.25) is 11.9 Å². The van der Waals surface area contributed by atoms with E-state index < -0.39 is 0 Å². The van der Waals surface area contributed by atoms with Crippen molar-refractivity contribution in [1.82, 2.24) is 19.4 Å². The highest BCUT2D eigenvalue weighted by atomic mass is 16.5. The number of hydrogen-bond donors (Lipinski definition) is 2. The molecular formula is C30H37N7O2. The molecular weight excluding hydrogens is 490 g/mol. The summed E-state index contributed by atoms with van der Waals surface area (Å²) in [5.74, 6) is 0.721. The van der Waals surface area contributed by atoms with E-state index in [2.05, 4.69) is 74.8 Å². The Balaban J connectivity index is 1.72. The molecule has 204 valence electrons. The zero-order valence-corrected chi connectivity index (χ0v) is 23.5. The molecule has 0 fully saturated rings. The van der Waals surface area contributed by atoms with Crippen LogP contribution in [0.1, 0.15) is 19.9 Å². The van der Waals surface area contributed by atoms with Gasteiger partial charge in [-0.1, -0.05) is 24.8 Å². The van der Waals surface area contributed by atoms with E-state index >= 15 is 0 Å². The fraction of sp³-hybridized carbons (Fsp3) is 0.300. The number of nitrogens with one attached hydrogen (secondary N) is 2. The van der Waals surface area contributed by atoms with Gasteiger partial charge >= 0.3 is 0 Å². The quantitative estimate of drug-likeness (QED) is 0.247. The maximum atomic E-state index is 12.3. The van der Waals surface area contributed by atoms with Crippen LogP contribution in [-0.4, -0.2) is 66.7 Å². The number of fused-ring (bicyclic) bond motifs is 1. The molecule has 0 bridgehead atoms. The number of anilines is 4. The van der Waals surface area contributed by atoms with Crippen LogP contribution in [0.2, 0.25) is 0 Å². The molecule has 2 aromatic heterocycles. The minimum Gasteiger partial charge on any atom is -0.494 e. The first-order valence-corrected chi connectivity index (χ1v) is 12.9. The van der Waals surface area contributed by atoms with Crippen LogP contribution in [0.5, 0.6) is 5.75 Å². The molecule has 9 nitrogen and oxygen atoms in total. The number of likely N-dealkylation sites (N-methyl/N-ethyl adjacent to an activating group) is 2. The predicted molar refractivity (Wildman–Crippen MR) is 160 cm³/mol. The number of para-hydroxylation sites is 1. The van der Waals surface area contributed by atoms with Gasteiger partial charge in [-0.05, 0) is 52.2 Å². The average Bonchev–Trinajstić information content (AvgIpc) is 3.32. The van der Waals surface area contributed by atoms with Crippen molar-refractivity contribution in [3.8, 4) is 17.0 Å². The summed E-state index contributed by atoms with van der Waals surface area (Å²) in [5, 5.41) is 7.36. The summed E-state index contributed by atoms with van der Waals surface area (Å²) in [6, 6.07) is 14.3. The standard InChI is InChI=1S/C30H37N7O2/c1-8-29(38)32-24-17-25(28(39-7)18-27(24)36(6)16-15-35(4)5)34-30-31-14-13-23(33-30)22-19-37(20(2)3)26-12-10-9-11-21(22)26/h8-14,17-20H,1,15-16H2,2-7H3,(H,32,38)(H,31,33,34). The fourth-order valence-electron chi connectivity index (χ4n) is 4.43. The second kappa shape index (κ2) is 12.0. The third kappa shape index (κ3) is 6.21. The number of aromatic nitrogens is 3. The lowest BCUT2D eigenvalue weighted by Gasteiger charge is -2.26.